The van der Waals surface area contributed by atoms with Crippen LogP contribution in [0.15, 0.2) is 18.2 Å². The second-order valence-electron chi connectivity index (χ2n) is 2.04. The van der Waals surface area contributed by atoms with Crippen molar-refractivity contribution in [3.63, 3.8) is 0 Å². The molecule has 1 N–H and O–H groups in total. The van der Waals surface area contributed by atoms with E-state index in [4.69, 9.17) is 9.84 Å². The van der Waals surface area contributed by atoms with Crippen molar-refractivity contribution in [1.29, 1.82) is 0 Å². The smallest absolute Gasteiger partial charge is 0.343 e. The Balaban J connectivity index is 2.60. The summed E-state index contributed by atoms with van der Waals surface area (Å²) in [6.07, 6.45) is 0. The minimum absolute atomic E-state index is 0.294. The molecule has 0 aliphatic carbocycles. The molecule has 3 nitrogen and oxygen atoms in total. The van der Waals surface area contributed by atoms with Crippen LogP contribution in [0.5, 0.6) is 11.5 Å². The van der Waals surface area contributed by atoms with Gasteiger partial charge in [-0.3, -0.25) is 0 Å². The van der Waals surface area contributed by atoms with Gasteiger partial charge in [-0.05, 0) is 12.1 Å². The van der Waals surface area contributed by atoms with E-state index in [1.165, 1.54) is 0 Å². The minimum Gasteiger partial charge on any atom is -0.477 e. The van der Waals surface area contributed by atoms with Crippen LogP contribution in [0.3, 0.4) is 0 Å². The number of carboxylic acid groups (broad SMARTS) is 1. The third-order valence-electron chi connectivity index (χ3n) is 1.42. The summed E-state index contributed by atoms with van der Waals surface area (Å²) >= 11 is 0. The fourth-order valence-electron chi connectivity index (χ4n) is 0.964. The van der Waals surface area contributed by atoms with Crippen LogP contribution in [0.4, 0.5) is 0 Å². The summed E-state index contributed by atoms with van der Waals surface area (Å²) in [5.74, 6) is 0.00634. The van der Waals surface area contributed by atoms with Crippen LogP contribution in [0, 0.1) is 0 Å². The van der Waals surface area contributed by atoms with Gasteiger partial charge in [0, 0.05) is 0 Å². The SMILES string of the molecule is O=C(O)c1c2cccc1O2. The van der Waals surface area contributed by atoms with Crippen molar-refractivity contribution in [2.45, 2.75) is 0 Å². The molecule has 0 atom stereocenters. The predicted octanol–water partition coefficient (Wildman–Crippen LogP) is 1.49. The highest BCUT2D eigenvalue weighted by Gasteiger charge is 2.26. The van der Waals surface area contributed by atoms with Gasteiger partial charge in [-0.15, -0.1) is 0 Å². The molecule has 0 aromatic heterocycles. The molecule has 0 saturated heterocycles. The van der Waals surface area contributed by atoms with E-state index in [0.29, 0.717) is 17.1 Å². The van der Waals surface area contributed by atoms with Gasteiger partial charge in [0.05, 0.1) is 0 Å². The molecule has 1 aromatic carbocycles. The highest BCUT2D eigenvalue weighted by atomic mass is 16.5. The number of benzene rings is 1. The van der Waals surface area contributed by atoms with Crippen molar-refractivity contribution in [2.24, 2.45) is 0 Å². The summed E-state index contributed by atoms with van der Waals surface area (Å²) in [5, 5.41) is 8.53. The molecular formula is C7H4O3. The van der Waals surface area contributed by atoms with Crippen molar-refractivity contribution < 1.29 is 14.6 Å². The topological polar surface area (TPSA) is 46.5 Å². The summed E-state index contributed by atoms with van der Waals surface area (Å²) in [5.41, 5.74) is 0.294. The van der Waals surface area contributed by atoms with Gasteiger partial charge in [0.25, 0.3) is 0 Å². The Hall–Kier alpha value is -1.51. The molecule has 0 radical (unpaired) electrons. The minimum atomic E-state index is -0.920. The largest absolute Gasteiger partial charge is 0.477 e. The number of hydrogen-bond donors (Lipinski definition) is 1. The van der Waals surface area contributed by atoms with E-state index in [1.807, 2.05) is 0 Å². The molecule has 3 rings (SSSR count). The first kappa shape index (κ1) is 5.29. The van der Waals surface area contributed by atoms with Crippen LogP contribution in [0.2, 0.25) is 0 Å². The summed E-state index contributed by atoms with van der Waals surface area (Å²) in [6, 6.07) is 5.04. The van der Waals surface area contributed by atoms with E-state index in [-0.39, 0.29) is 0 Å². The Bertz CT molecular complexity index is 283. The number of carboxylic acids is 1. The monoisotopic (exact) mass is 136 g/mol. The van der Waals surface area contributed by atoms with Crippen LogP contribution in [0.1, 0.15) is 10.4 Å². The Labute approximate surface area is 56.9 Å². The highest BCUT2D eigenvalue weighted by molar-refractivity contribution is 5.97. The maximum atomic E-state index is 10.4. The van der Waals surface area contributed by atoms with Crippen LogP contribution in [0.25, 0.3) is 0 Å². The number of rotatable bonds is 1. The van der Waals surface area contributed by atoms with Crippen molar-refractivity contribution in [1.82, 2.24) is 0 Å². The molecule has 2 heterocycles. The quantitative estimate of drug-likeness (QED) is 0.646. The second kappa shape index (κ2) is 1.50. The summed E-state index contributed by atoms with van der Waals surface area (Å²) < 4.78 is 4.92. The maximum Gasteiger partial charge on any atom is 0.343 e. The van der Waals surface area contributed by atoms with Crippen LogP contribution < -0.4 is 4.74 Å². The molecule has 0 saturated carbocycles. The van der Waals surface area contributed by atoms with Gasteiger partial charge in [-0.1, -0.05) is 6.07 Å². The standard InChI is InChI=1S/C7H4O3/c8-7(9)6-4-2-1-3-5(6)10-4/h1-3H,(H,8,9). The maximum absolute atomic E-state index is 10.4. The number of hydrogen-bond acceptors (Lipinski definition) is 2. The van der Waals surface area contributed by atoms with Crippen molar-refractivity contribution in [3.8, 4) is 11.5 Å². The lowest BCUT2D eigenvalue weighted by molar-refractivity contribution is 0.0681. The van der Waals surface area contributed by atoms with E-state index < -0.39 is 5.97 Å². The first-order valence-electron chi connectivity index (χ1n) is 2.83. The van der Waals surface area contributed by atoms with E-state index in [9.17, 15) is 4.79 Å². The molecule has 1 aromatic rings. The number of carbonyl (C=O) groups is 1. The first-order valence-corrected chi connectivity index (χ1v) is 2.83. The van der Waals surface area contributed by atoms with Crippen LogP contribution in [-0.4, -0.2) is 11.1 Å². The molecule has 3 heteroatoms. The van der Waals surface area contributed by atoms with Gasteiger partial charge < -0.3 is 9.84 Å². The molecule has 0 fully saturated rings. The van der Waals surface area contributed by atoms with Gasteiger partial charge in [0.15, 0.2) is 0 Å². The van der Waals surface area contributed by atoms with Crippen molar-refractivity contribution in [3.05, 3.63) is 23.8 Å². The highest BCUT2D eigenvalue weighted by Crippen LogP contribution is 2.41. The first-order chi connectivity index (χ1) is 4.79. The second-order valence-corrected chi connectivity index (χ2v) is 2.04. The van der Waals surface area contributed by atoms with Gasteiger partial charge >= 0.3 is 5.97 Å². The normalized spacial score (nSPS) is 11.6. The average Bonchev–Trinajstić information content (AvgIpc) is 1.87. The zero-order chi connectivity index (χ0) is 7.14. The van der Waals surface area contributed by atoms with Gasteiger partial charge in [-0.2, -0.15) is 0 Å². The Morgan fingerprint density at radius 2 is 2.00 bits per heavy atom. The fourth-order valence-corrected chi connectivity index (χ4v) is 0.964. The Kier molecular flexibility index (Phi) is 0.795. The number of aromatic carboxylic acids is 1. The molecule has 2 bridgehead atoms. The molecular weight excluding hydrogens is 132 g/mol. The Morgan fingerprint density at radius 3 is 2.30 bits per heavy atom. The lowest BCUT2D eigenvalue weighted by atomic mass is 10.1. The van der Waals surface area contributed by atoms with E-state index in [0.717, 1.165) is 0 Å². The van der Waals surface area contributed by atoms with Gasteiger partial charge in [0.1, 0.15) is 17.1 Å². The van der Waals surface area contributed by atoms with Crippen LogP contribution >= 0.6 is 0 Å². The number of fused-ring (bicyclic) bond motifs is 2. The summed E-state index contributed by atoms with van der Waals surface area (Å²) in [6.45, 7) is 0. The summed E-state index contributed by atoms with van der Waals surface area (Å²) in [7, 11) is 0. The van der Waals surface area contributed by atoms with E-state index in [1.54, 1.807) is 18.2 Å². The third kappa shape index (κ3) is 0.466. The third-order valence-corrected chi connectivity index (χ3v) is 1.42. The molecule has 0 spiro atoms. The molecule has 2 aliphatic heterocycles. The molecule has 10 heavy (non-hydrogen) atoms. The molecule has 50 valence electrons. The summed E-state index contributed by atoms with van der Waals surface area (Å²) in [4.78, 5) is 10.4. The zero-order valence-corrected chi connectivity index (χ0v) is 5.00. The molecule has 0 unspecified atom stereocenters. The molecule has 2 aliphatic rings. The molecule has 0 amide bonds. The lowest BCUT2D eigenvalue weighted by Gasteiger charge is -2.19. The predicted molar refractivity (Wildman–Crippen MR) is 33.5 cm³/mol. The Morgan fingerprint density at radius 1 is 1.40 bits per heavy atom. The zero-order valence-electron chi connectivity index (χ0n) is 5.00. The lowest BCUT2D eigenvalue weighted by Crippen LogP contribution is -2.10. The van der Waals surface area contributed by atoms with Crippen molar-refractivity contribution >= 4 is 5.97 Å². The van der Waals surface area contributed by atoms with Crippen molar-refractivity contribution in [2.75, 3.05) is 0 Å². The van der Waals surface area contributed by atoms with E-state index in [2.05, 4.69) is 0 Å². The average molecular weight is 136 g/mol. The van der Waals surface area contributed by atoms with Crippen LogP contribution in [-0.2, 0) is 0 Å². The van der Waals surface area contributed by atoms with E-state index >= 15 is 0 Å². The van der Waals surface area contributed by atoms with Gasteiger partial charge in [0.2, 0.25) is 0 Å². The number of ether oxygens (including phenoxy) is 1. The fraction of sp³-hybridized carbons (Fsp3) is 0. The van der Waals surface area contributed by atoms with Gasteiger partial charge in [-0.25, -0.2) is 4.79 Å².